The highest BCUT2D eigenvalue weighted by Crippen LogP contribution is 2.45. The first kappa shape index (κ1) is 19.5. The van der Waals surface area contributed by atoms with E-state index in [-0.39, 0.29) is 16.7 Å². The van der Waals surface area contributed by atoms with Gasteiger partial charge in [-0.3, -0.25) is 9.36 Å². The van der Waals surface area contributed by atoms with Crippen molar-refractivity contribution in [2.75, 3.05) is 18.0 Å². The number of anilines is 1. The third kappa shape index (κ3) is 3.88. The normalized spacial score (nSPS) is 20.5. The zero-order valence-corrected chi connectivity index (χ0v) is 16.9. The van der Waals surface area contributed by atoms with Gasteiger partial charge in [0.1, 0.15) is 11.3 Å². The van der Waals surface area contributed by atoms with E-state index >= 15 is 0 Å². The van der Waals surface area contributed by atoms with E-state index in [0.717, 1.165) is 37.9 Å². The van der Waals surface area contributed by atoms with Crippen LogP contribution in [-0.2, 0) is 13.5 Å². The van der Waals surface area contributed by atoms with Crippen LogP contribution in [0.3, 0.4) is 0 Å². The fourth-order valence-electron chi connectivity index (χ4n) is 4.76. The Morgan fingerprint density at radius 2 is 2.10 bits per heavy atom. The van der Waals surface area contributed by atoms with Gasteiger partial charge in [-0.05, 0) is 48.8 Å². The van der Waals surface area contributed by atoms with E-state index in [9.17, 15) is 9.90 Å². The Bertz CT molecular complexity index is 1010. The molecule has 29 heavy (non-hydrogen) atoms. The monoisotopic (exact) mass is 392 g/mol. The van der Waals surface area contributed by atoms with E-state index in [1.54, 1.807) is 36.0 Å². The van der Waals surface area contributed by atoms with Gasteiger partial charge in [-0.2, -0.15) is 0 Å². The maximum atomic E-state index is 12.8. The molecule has 1 aliphatic heterocycles. The van der Waals surface area contributed by atoms with E-state index in [4.69, 9.17) is 5.73 Å². The minimum atomic E-state index is -0.128. The van der Waals surface area contributed by atoms with Gasteiger partial charge in [0.25, 0.3) is 5.56 Å². The Balaban J connectivity index is 1.47. The summed E-state index contributed by atoms with van der Waals surface area (Å²) in [6.07, 6.45) is 7.76. The Morgan fingerprint density at radius 3 is 2.79 bits per heavy atom. The number of piperidine rings is 1. The molecule has 2 heterocycles. The molecule has 0 amide bonds. The molecule has 152 valence electrons. The first-order valence-corrected chi connectivity index (χ1v) is 10.3. The van der Waals surface area contributed by atoms with Gasteiger partial charge in [0.05, 0.1) is 6.20 Å². The lowest BCUT2D eigenvalue weighted by Gasteiger charge is -2.42. The van der Waals surface area contributed by atoms with Crippen LogP contribution in [-0.4, -0.2) is 33.8 Å². The number of phenols is 1. The Kier molecular flexibility index (Phi) is 5.33. The molecular formula is C23H28N4O2. The summed E-state index contributed by atoms with van der Waals surface area (Å²) in [4.78, 5) is 19.5. The molecule has 4 rings (SSSR count). The fraction of sp³-hybridized carbons (Fsp3) is 0.478. The van der Waals surface area contributed by atoms with E-state index < -0.39 is 0 Å². The SMILES string of the molecule is Cn1c(N2CCC3(CCC[C@H]3N)CC2)ncc(C#CCc2cccc(O)c2)c1=O. The average molecular weight is 393 g/mol. The number of rotatable bonds is 2. The second-order valence-corrected chi connectivity index (χ2v) is 8.33. The van der Waals surface area contributed by atoms with Gasteiger partial charge < -0.3 is 15.7 Å². The molecule has 3 N–H and O–H groups in total. The molecule has 2 aromatic rings. The number of hydrogen-bond donors (Lipinski definition) is 2. The van der Waals surface area contributed by atoms with Gasteiger partial charge in [-0.1, -0.05) is 30.4 Å². The first-order valence-electron chi connectivity index (χ1n) is 10.3. The summed E-state index contributed by atoms with van der Waals surface area (Å²) in [6, 6.07) is 7.28. The number of benzene rings is 1. The van der Waals surface area contributed by atoms with Crippen molar-refractivity contribution in [2.45, 2.75) is 44.6 Å². The highest BCUT2D eigenvalue weighted by molar-refractivity contribution is 5.39. The molecule has 6 nitrogen and oxygen atoms in total. The average Bonchev–Trinajstić information content (AvgIpc) is 3.06. The molecule has 1 aliphatic carbocycles. The summed E-state index contributed by atoms with van der Waals surface area (Å²) in [5.74, 6) is 6.86. The molecular weight excluding hydrogens is 364 g/mol. The predicted octanol–water partition coefficient (Wildman–Crippen LogP) is 2.18. The zero-order valence-electron chi connectivity index (χ0n) is 16.9. The van der Waals surface area contributed by atoms with Crippen LogP contribution < -0.4 is 16.2 Å². The van der Waals surface area contributed by atoms with Crippen molar-refractivity contribution >= 4 is 5.95 Å². The number of aromatic nitrogens is 2. The lowest BCUT2D eigenvalue weighted by Crippen LogP contribution is -2.48. The predicted molar refractivity (Wildman–Crippen MR) is 114 cm³/mol. The maximum Gasteiger partial charge on any atom is 0.270 e. The quantitative estimate of drug-likeness (QED) is 0.766. The topological polar surface area (TPSA) is 84.4 Å². The van der Waals surface area contributed by atoms with Crippen molar-refractivity contribution in [3.63, 3.8) is 0 Å². The summed E-state index contributed by atoms with van der Waals surface area (Å²) >= 11 is 0. The van der Waals surface area contributed by atoms with Gasteiger partial charge in [0, 0.05) is 32.6 Å². The number of nitrogens with two attached hydrogens (primary N) is 1. The number of aromatic hydroxyl groups is 1. The summed E-state index contributed by atoms with van der Waals surface area (Å²) in [6.45, 7) is 1.77. The van der Waals surface area contributed by atoms with Crippen LogP contribution in [0.5, 0.6) is 5.75 Å². The number of hydrogen-bond acceptors (Lipinski definition) is 5. The molecule has 0 unspecified atom stereocenters. The van der Waals surface area contributed by atoms with E-state index in [1.807, 2.05) is 6.07 Å². The van der Waals surface area contributed by atoms with Gasteiger partial charge in [0.15, 0.2) is 0 Å². The van der Waals surface area contributed by atoms with Crippen LogP contribution in [0.15, 0.2) is 35.3 Å². The third-order valence-corrected chi connectivity index (χ3v) is 6.59. The van der Waals surface area contributed by atoms with Crippen molar-refractivity contribution < 1.29 is 5.11 Å². The lowest BCUT2D eigenvalue weighted by molar-refractivity contribution is 0.196. The summed E-state index contributed by atoms with van der Waals surface area (Å²) in [5, 5.41) is 9.52. The lowest BCUT2D eigenvalue weighted by atomic mass is 9.74. The van der Waals surface area contributed by atoms with E-state index in [0.29, 0.717) is 24.0 Å². The molecule has 1 aromatic heterocycles. The Hall–Kier alpha value is -2.78. The third-order valence-electron chi connectivity index (χ3n) is 6.59. The summed E-state index contributed by atoms with van der Waals surface area (Å²) in [7, 11) is 1.76. The molecule has 2 aliphatic rings. The first-order chi connectivity index (χ1) is 14.0. The molecule has 6 heteroatoms. The minimum Gasteiger partial charge on any atom is -0.508 e. The number of nitrogens with zero attached hydrogens (tertiary/aromatic N) is 3. The summed E-state index contributed by atoms with van der Waals surface area (Å²) in [5.41, 5.74) is 7.84. The van der Waals surface area contributed by atoms with Crippen LogP contribution in [0.25, 0.3) is 0 Å². The second-order valence-electron chi connectivity index (χ2n) is 8.33. The van der Waals surface area contributed by atoms with Crippen LogP contribution in [0.4, 0.5) is 5.95 Å². The van der Waals surface area contributed by atoms with Gasteiger partial charge in [-0.15, -0.1) is 0 Å². The molecule has 0 bridgehead atoms. The zero-order chi connectivity index (χ0) is 20.4. The van der Waals surface area contributed by atoms with Crippen LogP contribution in [0, 0.1) is 17.3 Å². The highest BCUT2D eigenvalue weighted by atomic mass is 16.3. The van der Waals surface area contributed by atoms with Crippen molar-refractivity contribution in [3.05, 3.63) is 51.9 Å². The van der Waals surface area contributed by atoms with Crippen molar-refractivity contribution in [3.8, 4) is 17.6 Å². The van der Waals surface area contributed by atoms with Crippen molar-refractivity contribution in [2.24, 2.45) is 18.2 Å². The molecule has 1 aromatic carbocycles. The molecule has 1 saturated heterocycles. The smallest absolute Gasteiger partial charge is 0.270 e. The molecule has 1 atom stereocenters. The Morgan fingerprint density at radius 1 is 1.31 bits per heavy atom. The number of phenolic OH excluding ortho intramolecular Hbond substituents is 1. The fourth-order valence-corrected chi connectivity index (χ4v) is 4.76. The van der Waals surface area contributed by atoms with E-state index in [2.05, 4.69) is 21.7 Å². The van der Waals surface area contributed by atoms with Crippen LogP contribution in [0.1, 0.15) is 43.2 Å². The highest BCUT2D eigenvalue weighted by Gasteiger charge is 2.43. The van der Waals surface area contributed by atoms with Crippen LogP contribution >= 0.6 is 0 Å². The van der Waals surface area contributed by atoms with Crippen molar-refractivity contribution in [1.29, 1.82) is 0 Å². The molecule has 0 radical (unpaired) electrons. The van der Waals surface area contributed by atoms with Gasteiger partial charge in [0.2, 0.25) is 5.95 Å². The van der Waals surface area contributed by atoms with Crippen molar-refractivity contribution in [1.82, 2.24) is 9.55 Å². The molecule has 1 spiro atoms. The van der Waals surface area contributed by atoms with Crippen LogP contribution in [0.2, 0.25) is 0 Å². The van der Waals surface area contributed by atoms with Gasteiger partial charge in [-0.25, -0.2) is 4.98 Å². The maximum absolute atomic E-state index is 12.8. The largest absolute Gasteiger partial charge is 0.508 e. The Labute approximate surface area is 171 Å². The van der Waals surface area contributed by atoms with Gasteiger partial charge >= 0.3 is 0 Å². The summed E-state index contributed by atoms with van der Waals surface area (Å²) < 4.78 is 1.60. The molecule has 1 saturated carbocycles. The van der Waals surface area contributed by atoms with E-state index in [1.165, 1.54) is 12.8 Å². The molecule has 2 fully saturated rings. The minimum absolute atomic E-state index is 0.128. The second kappa shape index (κ2) is 7.92. The standard InChI is InChI=1S/C23H28N4O2/c1-26-21(29)18(7-2-5-17-6-3-8-19(28)15-17)16-25-22(26)27-13-11-23(12-14-27)10-4-9-20(23)24/h3,6,8,15-16,20,28H,4-5,9-14,24H2,1H3/t20-/m1/s1.